The normalized spacial score (nSPS) is 19.2. The molecule has 4 aromatic carbocycles. The summed E-state index contributed by atoms with van der Waals surface area (Å²) in [5.74, 6) is -1.31. The first-order valence-electron chi connectivity index (χ1n) is 24.3. The van der Waals surface area contributed by atoms with Gasteiger partial charge < -0.3 is 34.8 Å². The van der Waals surface area contributed by atoms with Gasteiger partial charge in [-0.3, -0.25) is 34.3 Å². The van der Waals surface area contributed by atoms with E-state index >= 15 is 0 Å². The van der Waals surface area contributed by atoms with Gasteiger partial charge in [0.1, 0.15) is 5.82 Å². The van der Waals surface area contributed by atoms with Crippen LogP contribution in [0.25, 0.3) is 10.8 Å². The maximum Gasteiger partial charge on any atom is 0.321 e. The van der Waals surface area contributed by atoms with Crippen LogP contribution in [0.15, 0.2) is 84.9 Å². The van der Waals surface area contributed by atoms with Crippen LogP contribution in [0.5, 0.6) is 0 Å². The molecule has 16 heteroatoms. The van der Waals surface area contributed by atoms with Crippen molar-refractivity contribution < 1.29 is 37.8 Å². The Morgan fingerprint density at radius 2 is 1.47 bits per heavy atom. The van der Waals surface area contributed by atoms with Crippen LogP contribution in [0.4, 0.5) is 20.6 Å². The Bertz CT molecular complexity index is 2370. The smallest absolute Gasteiger partial charge is 0.321 e. The summed E-state index contributed by atoms with van der Waals surface area (Å²) in [5.41, 5.74) is 4.18. The van der Waals surface area contributed by atoms with Crippen LogP contribution in [0.3, 0.4) is 0 Å². The van der Waals surface area contributed by atoms with Crippen LogP contribution in [0, 0.1) is 11.7 Å². The molecule has 3 N–H and O–H groups in total. The van der Waals surface area contributed by atoms with Gasteiger partial charge in [-0.2, -0.15) is 0 Å². The zero-order valence-electron chi connectivity index (χ0n) is 39.1. The third-order valence-corrected chi connectivity index (χ3v) is 14.0. The van der Waals surface area contributed by atoms with Crippen molar-refractivity contribution in [2.24, 2.45) is 5.92 Å². The Hall–Kier alpha value is -5.94. The zero-order valence-corrected chi connectivity index (χ0v) is 39.1. The van der Waals surface area contributed by atoms with E-state index in [1.165, 1.54) is 28.5 Å². The van der Waals surface area contributed by atoms with Crippen LogP contribution in [-0.2, 0) is 35.2 Å². The van der Waals surface area contributed by atoms with Gasteiger partial charge in [-0.05, 0) is 97.1 Å². The van der Waals surface area contributed by atoms with E-state index in [0.29, 0.717) is 116 Å². The lowest BCUT2D eigenvalue weighted by atomic mass is 9.90. The van der Waals surface area contributed by atoms with Crippen molar-refractivity contribution in [2.45, 2.75) is 57.5 Å². The molecule has 0 saturated carbocycles. The van der Waals surface area contributed by atoms with Gasteiger partial charge in [0, 0.05) is 95.2 Å². The highest BCUT2D eigenvalue weighted by Crippen LogP contribution is 2.32. The summed E-state index contributed by atoms with van der Waals surface area (Å²) in [6, 6.07) is 27.1. The summed E-state index contributed by atoms with van der Waals surface area (Å²) in [6.45, 7) is 11.5. The van der Waals surface area contributed by atoms with E-state index in [1.54, 1.807) is 11.0 Å². The van der Waals surface area contributed by atoms with Crippen LogP contribution < -0.4 is 20.9 Å². The Labute approximate surface area is 398 Å². The highest BCUT2D eigenvalue weighted by Gasteiger charge is 2.30. The second-order valence-electron chi connectivity index (χ2n) is 18.3. The van der Waals surface area contributed by atoms with Crippen LogP contribution in [-0.4, -0.2) is 148 Å². The average molecular weight is 933 g/mol. The van der Waals surface area contributed by atoms with Gasteiger partial charge >= 0.3 is 6.03 Å². The van der Waals surface area contributed by atoms with Crippen LogP contribution >= 0.6 is 0 Å². The Morgan fingerprint density at radius 3 is 2.22 bits per heavy atom. The molecule has 0 aromatic heterocycles. The topological polar surface area (TPSA) is 156 Å². The molecule has 6 amide bonds. The maximum absolute atomic E-state index is 14.7. The fourth-order valence-electron chi connectivity index (χ4n) is 9.87. The molecule has 4 saturated heterocycles. The fourth-order valence-corrected chi connectivity index (χ4v) is 9.87. The van der Waals surface area contributed by atoms with Crippen molar-refractivity contribution in [1.29, 1.82) is 0 Å². The second kappa shape index (κ2) is 23.4. The lowest BCUT2D eigenvalue weighted by molar-refractivity contribution is -0.134. The highest BCUT2D eigenvalue weighted by molar-refractivity contribution is 6.01. The first kappa shape index (κ1) is 48.5. The number of piperazine rings is 2. The minimum absolute atomic E-state index is 0.0309. The summed E-state index contributed by atoms with van der Waals surface area (Å²) in [6.07, 6.45) is 2.69. The largest absolute Gasteiger partial charge is 0.379 e. The number of likely N-dealkylation sites (tertiary alicyclic amines) is 1. The number of rotatable bonds is 17. The molecule has 4 heterocycles. The van der Waals surface area contributed by atoms with Crippen molar-refractivity contribution in [1.82, 2.24) is 30.2 Å². The number of ether oxygens (including phenoxy) is 2. The number of carbonyl (C=O) groups is 5. The number of piperidine rings is 2. The molecular weight excluding hydrogens is 868 g/mol. The summed E-state index contributed by atoms with van der Waals surface area (Å²) in [4.78, 5) is 73.5. The average Bonchev–Trinajstić information content (AvgIpc) is 3.36. The lowest BCUT2D eigenvalue weighted by Gasteiger charge is -2.36. The number of hydrogen-bond acceptors (Lipinski definition) is 10. The van der Waals surface area contributed by atoms with Crippen LogP contribution in [0.2, 0.25) is 0 Å². The molecule has 0 bridgehead atoms. The number of carbonyl (C=O) groups excluding carboxylic acids is 5. The van der Waals surface area contributed by atoms with Crippen molar-refractivity contribution >= 4 is 51.8 Å². The molecule has 4 aromatic rings. The summed E-state index contributed by atoms with van der Waals surface area (Å²) >= 11 is 0. The Morgan fingerprint density at radius 1 is 0.765 bits per heavy atom. The SMILES string of the molecule is C[C@H](c1cccc2ccccc12)N1CCC(C(=O)NCc2cc(F)cc(NC(=O)N3CCN(CCOCCOCCC(=O)N4CCN(c5ccc(C6CCC(=O)NC6=O)cc5)CC4)CC3)c2)CC1. The molecule has 0 spiro atoms. The summed E-state index contributed by atoms with van der Waals surface area (Å²) in [5, 5.41) is 10.8. The van der Waals surface area contributed by atoms with E-state index < -0.39 is 5.82 Å². The molecule has 0 radical (unpaired) electrons. The molecule has 0 aliphatic carbocycles. The van der Waals surface area contributed by atoms with E-state index in [-0.39, 0.29) is 54.1 Å². The van der Waals surface area contributed by atoms with Gasteiger partial charge in [0.15, 0.2) is 0 Å². The standard InChI is InChI=1S/C52H65FN8O7/c1-37(45-8-4-6-39-5-2-3-7-46(39)45)58-18-15-41(16-19-58)50(64)54-36-38-33-42(53)35-43(34-38)55-52(66)61-22-20-57(21-23-61)28-30-68-32-31-67-29-17-49(63)60-26-24-59(25-27-60)44-11-9-40(10-12-44)47-13-14-48(62)56-51(47)65/h2-12,33-35,37,41,47H,13-32,36H2,1H3,(H,54,64)(H,55,66)(H,56,62,65)/t37-,47?/m1/s1. The van der Waals surface area contributed by atoms with Gasteiger partial charge in [-0.25, -0.2) is 9.18 Å². The molecule has 8 rings (SSSR count). The molecule has 1 unspecified atom stereocenters. The molecule has 4 aliphatic rings. The van der Waals surface area contributed by atoms with E-state index in [2.05, 4.69) is 80.0 Å². The molecular formula is C52H65FN8O7. The Balaban J connectivity index is 0.652. The third kappa shape index (κ3) is 12.8. The van der Waals surface area contributed by atoms with Crippen molar-refractivity contribution in [3.05, 3.63) is 107 Å². The number of nitrogens with zero attached hydrogens (tertiary/aromatic N) is 5. The van der Waals surface area contributed by atoms with Gasteiger partial charge in [-0.15, -0.1) is 0 Å². The summed E-state index contributed by atoms with van der Waals surface area (Å²) < 4.78 is 26.2. The van der Waals surface area contributed by atoms with E-state index in [1.807, 2.05) is 29.2 Å². The number of fused-ring (bicyclic) bond motifs is 1. The minimum Gasteiger partial charge on any atom is -0.379 e. The van der Waals surface area contributed by atoms with E-state index in [4.69, 9.17) is 9.47 Å². The van der Waals surface area contributed by atoms with Crippen molar-refractivity contribution in [2.75, 3.05) is 109 Å². The Kier molecular flexibility index (Phi) is 16.7. The first-order chi connectivity index (χ1) is 33.1. The molecule has 4 aliphatic heterocycles. The second-order valence-corrected chi connectivity index (χ2v) is 18.3. The van der Waals surface area contributed by atoms with Crippen molar-refractivity contribution in [3.63, 3.8) is 0 Å². The van der Waals surface area contributed by atoms with E-state index in [9.17, 15) is 28.4 Å². The zero-order chi connectivity index (χ0) is 47.4. The maximum atomic E-state index is 14.7. The lowest BCUT2D eigenvalue weighted by Crippen LogP contribution is -2.50. The first-order valence-corrected chi connectivity index (χ1v) is 24.3. The molecule has 15 nitrogen and oxygen atoms in total. The number of urea groups is 1. The molecule has 362 valence electrons. The number of anilines is 2. The number of imide groups is 1. The minimum atomic E-state index is -0.479. The number of benzene rings is 4. The highest BCUT2D eigenvalue weighted by atomic mass is 19.1. The third-order valence-electron chi connectivity index (χ3n) is 14.0. The number of nitrogens with one attached hydrogen (secondary N) is 3. The predicted molar refractivity (Wildman–Crippen MR) is 259 cm³/mol. The quantitative estimate of drug-likeness (QED) is 0.0913. The van der Waals surface area contributed by atoms with Crippen LogP contribution in [0.1, 0.15) is 67.7 Å². The monoisotopic (exact) mass is 932 g/mol. The van der Waals surface area contributed by atoms with Crippen molar-refractivity contribution in [3.8, 4) is 0 Å². The number of amides is 6. The number of halogens is 1. The van der Waals surface area contributed by atoms with Gasteiger partial charge in [0.05, 0.1) is 38.8 Å². The number of hydrogen-bond donors (Lipinski definition) is 3. The van der Waals surface area contributed by atoms with Gasteiger partial charge in [0.25, 0.3) is 0 Å². The van der Waals surface area contributed by atoms with Gasteiger partial charge in [-0.1, -0.05) is 54.6 Å². The fraction of sp³-hybridized carbons (Fsp3) is 0.481. The molecule has 2 atom stereocenters. The predicted octanol–water partition coefficient (Wildman–Crippen LogP) is 5.51. The summed E-state index contributed by atoms with van der Waals surface area (Å²) in [7, 11) is 0. The molecule has 68 heavy (non-hydrogen) atoms. The van der Waals surface area contributed by atoms with E-state index in [0.717, 1.165) is 37.2 Å². The van der Waals surface area contributed by atoms with Gasteiger partial charge in [0.2, 0.25) is 23.6 Å². The molecule has 4 fully saturated rings.